The highest BCUT2D eigenvalue weighted by Crippen LogP contribution is 2.19. The van der Waals surface area contributed by atoms with Crippen molar-refractivity contribution in [2.45, 2.75) is 17.9 Å². The van der Waals surface area contributed by atoms with Crippen LogP contribution in [0.15, 0.2) is 57.6 Å². The van der Waals surface area contributed by atoms with Crippen molar-refractivity contribution >= 4 is 54.0 Å². The molecule has 2 N–H and O–H groups in total. The summed E-state index contributed by atoms with van der Waals surface area (Å²) in [5.74, 6) is -0.187. The van der Waals surface area contributed by atoms with Crippen LogP contribution in [-0.4, -0.2) is 29.1 Å². The van der Waals surface area contributed by atoms with Gasteiger partial charge in [-0.25, -0.2) is 13.4 Å². The molecule has 136 valence electrons. The highest BCUT2D eigenvalue weighted by Gasteiger charge is 2.15. The molecule has 8 nitrogen and oxygen atoms in total. The largest absolute Gasteiger partial charge is 0.326 e. The number of thiazole rings is 1. The Labute approximate surface area is 162 Å². The van der Waals surface area contributed by atoms with E-state index in [1.165, 1.54) is 29.7 Å². The maximum absolute atomic E-state index is 12.2. The second kappa shape index (κ2) is 7.98. The van der Waals surface area contributed by atoms with E-state index in [0.717, 1.165) is 4.47 Å². The van der Waals surface area contributed by atoms with Crippen LogP contribution in [0.4, 0.5) is 10.8 Å². The maximum atomic E-state index is 12.2. The lowest BCUT2D eigenvalue weighted by Gasteiger charge is -2.08. The van der Waals surface area contributed by atoms with Crippen LogP contribution < -0.4 is 10.0 Å². The van der Waals surface area contributed by atoms with Crippen molar-refractivity contribution < 1.29 is 13.2 Å². The quantitative estimate of drug-likeness (QED) is 0.569. The molecule has 0 saturated heterocycles. The van der Waals surface area contributed by atoms with Crippen LogP contribution in [0, 0.1) is 0 Å². The average molecular weight is 456 g/mol. The van der Waals surface area contributed by atoms with Crippen molar-refractivity contribution in [3.63, 3.8) is 0 Å². The fourth-order valence-electron chi connectivity index (χ4n) is 2.07. The SMILES string of the molecule is O=C(CCn1cc(Br)cn1)Nc1ccc(S(=O)(=O)Nc2nccs2)cc1. The van der Waals surface area contributed by atoms with Gasteiger partial charge in [-0.2, -0.15) is 5.10 Å². The lowest BCUT2D eigenvalue weighted by molar-refractivity contribution is -0.116. The molecule has 0 atom stereocenters. The Hall–Kier alpha value is -2.24. The van der Waals surface area contributed by atoms with Gasteiger partial charge in [0.05, 0.1) is 15.6 Å². The molecule has 0 aliphatic rings. The molecule has 0 radical (unpaired) electrons. The van der Waals surface area contributed by atoms with Crippen molar-refractivity contribution in [1.82, 2.24) is 14.8 Å². The van der Waals surface area contributed by atoms with Crippen molar-refractivity contribution in [3.05, 3.63) is 52.7 Å². The molecule has 0 aliphatic heterocycles. The number of halogens is 1. The molecule has 0 saturated carbocycles. The number of hydrogen-bond donors (Lipinski definition) is 2. The van der Waals surface area contributed by atoms with E-state index in [1.54, 1.807) is 34.6 Å². The van der Waals surface area contributed by atoms with E-state index in [1.807, 2.05) is 0 Å². The standard InChI is InChI=1S/C15H14BrN5O3S2/c16-11-9-18-21(10-11)7-5-14(22)19-12-1-3-13(4-2-12)26(23,24)20-15-17-6-8-25-15/h1-4,6,8-10H,5,7H2,(H,17,20)(H,19,22). The summed E-state index contributed by atoms with van der Waals surface area (Å²) in [6, 6.07) is 5.93. The molecule has 11 heteroatoms. The lowest BCUT2D eigenvalue weighted by Crippen LogP contribution is -2.15. The van der Waals surface area contributed by atoms with Gasteiger partial charge in [-0.3, -0.25) is 14.2 Å². The summed E-state index contributed by atoms with van der Waals surface area (Å²) in [5.41, 5.74) is 0.518. The van der Waals surface area contributed by atoms with E-state index in [9.17, 15) is 13.2 Å². The lowest BCUT2D eigenvalue weighted by atomic mass is 10.3. The van der Waals surface area contributed by atoms with E-state index < -0.39 is 10.0 Å². The molecule has 3 aromatic rings. The van der Waals surface area contributed by atoms with Crippen LogP contribution in [0.5, 0.6) is 0 Å². The summed E-state index contributed by atoms with van der Waals surface area (Å²) in [6.07, 6.45) is 5.20. The normalized spacial score (nSPS) is 11.3. The van der Waals surface area contributed by atoms with Crippen LogP contribution in [-0.2, 0) is 21.4 Å². The fourth-order valence-corrected chi connectivity index (χ4v) is 4.18. The van der Waals surface area contributed by atoms with Crippen molar-refractivity contribution in [3.8, 4) is 0 Å². The van der Waals surface area contributed by atoms with Gasteiger partial charge in [0.25, 0.3) is 10.0 Å². The first-order chi connectivity index (χ1) is 12.4. The molecule has 0 aliphatic carbocycles. The Balaban J connectivity index is 1.57. The first-order valence-electron chi connectivity index (χ1n) is 7.42. The summed E-state index contributed by atoms with van der Waals surface area (Å²) < 4.78 is 29.4. The summed E-state index contributed by atoms with van der Waals surface area (Å²) >= 11 is 4.49. The molecule has 1 amide bonds. The molecule has 0 unspecified atom stereocenters. The van der Waals surface area contributed by atoms with Crippen LogP contribution >= 0.6 is 27.3 Å². The van der Waals surface area contributed by atoms with E-state index in [0.29, 0.717) is 17.4 Å². The summed E-state index contributed by atoms with van der Waals surface area (Å²) in [5, 5.41) is 8.78. The van der Waals surface area contributed by atoms with Gasteiger partial charge in [-0.15, -0.1) is 11.3 Å². The van der Waals surface area contributed by atoms with Gasteiger partial charge < -0.3 is 5.32 Å². The number of carbonyl (C=O) groups excluding carboxylic acids is 1. The molecule has 2 heterocycles. The Bertz CT molecular complexity index is 985. The number of sulfonamides is 1. The van der Waals surface area contributed by atoms with Gasteiger partial charge in [-0.1, -0.05) is 0 Å². The minimum absolute atomic E-state index is 0.0899. The van der Waals surface area contributed by atoms with Gasteiger partial charge in [0.1, 0.15) is 0 Å². The van der Waals surface area contributed by atoms with Crippen molar-refractivity contribution in [1.29, 1.82) is 0 Å². The number of aromatic nitrogens is 3. The van der Waals surface area contributed by atoms with Gasteiger partial charge in [0, 0.05) is 36.4 Å². The highest BCUT2D eigenvalue weighted by atomic mass is 79.9. The highest BCUT2D eigenvalue weighted by molar-refractivity contribution is 9.10. The van der Waals surface area contributed by atoms with E-state index in [2.05, 4.69) is 36.1 Å². The topological polar surface area (TPSA) is 106 Å². The van der Waals surface area contributed by atoms with Crippen LogP contribution in [0.1, 0.15) is 6.42 Å². The predicted molar refractivity (Wildman–Crippen MR) is 103 cm³/mol. The zero-order chi connectivity index (χ0) is 18.6. The average Bonchev–Trinajstić information content (AvgIpc) is 3.25. The van der Waals surface area contributed by atoms with Crippen LogP contribution in [0.2, 0.25) is 0 Å². The number of aryl methyl sites for hydroxylation is 1. The number of carbonyl (C=O) groups is 1. The Kier molecular flexibility index (Phi) is 5.69. The third-order valence-electron chi connectivity index (χ3n) is 3.27. The monoisotopic (exact) mass is 455 g/mol. The molecule has 26 heavy (non-hydrogen) atoms. The summed E-state index contributed by atoms with van der Waals surface area (Å²) in [6.45, 7) is 0.446. The molecule has 0 spiro atoms. The first kappa shape index (κ1) is 18.5. The molecule has 3 rings (SSSR count). The second-order valence-electron chi connectivity index (χ2n) is 5.19. The number of amides is 1. The minimum Gasteiger partial charge on any atom is -0.326 e. The van der Waals surface area contributed by atoms with E-state index >= 15 is 0 Å². The summed E-state index contributed by atoms with van der Waals surface area (Å²) in [7, 11) is -3.70. The first-order valence-corrected chi connectivity index (χ1v) is 10.6. The third kappa shape index (κ3) is 4.90. The molecule has 0 bridgehead atoms. The number of benzene rings is 1. The summed E-state index contributed by atoms with van der Waals surface area (Å²) in [4.78, 5) is 16.0. The number of anilines is 2. The van der Waals surface area contributed by atoms with Crippen LogP contribution in [0.25, 0.3) is 0 Å². The van der Waals surface area contributed by atoms with Gasteiger partial charge in [-0.05, 0) is 40.2 Å². The predicted octanol–water partition coefficient (Wildman–Crippen LogP) is 2.93. The van der Waals surface area contributed by atoms with Gasteiger partial charge in [0.15, 0.2) is 5.13 Å². The molecular formula is C15H14BrN5O3S2. The fraction of sp³-hybridized carbons (Fsp3) is 0.133. The Morgan fingerprint density at radius 2 is 2.04 bits per heavy atom. The number of rotatable bonds is 7. The van der Waals surface area contributed by atoms with E-state index in [-0.39, 0.29) is 17.2 Å². The molecule has 1 aromatic carbocycles. The number of nitrogens with one attached hydrogen (secondary N) is 2. The van der Waals surface area contributed by atoms with Crippen molar-refractivity contribution in [2.24, 2.45) is 0 Å². The minimum atomic E-state index is -3.70. The van der Waals surface area contributed by atoms with Gasteiger partial charge >= 0.3 is 0 Å². The molecule has 2 aromatic heterocycles. The van der Waals surface area contributed by atoms with Gasteiger partial charge in [0.2, 0.25) is 5.91 Å². The number of nitrogens with zero attached hydrogens (tertiary/aromatic N) is 3. The third-order valence-corrected chi connectivity index (χ3v) is 5.85. The second-order valence-corrected chi connectivity index (χ2v) is 8.68. The Morgan fingerprint density at radius 3 is 2.65 bits per heavy atom. The van der Waals surface area contributed by atoms with Crippen LogP contribution in [0.3, 0.4) is 0 Å². The molecular weight excluding hydrogens is 442 g/mol. The number of hydrogen-bond acceptors (Lipinski definition) is 6. The smallest absolute Gasteiger partial charge is 0.263 e. The maximum Gasteiger partial charge on any atom is 0.263 e. The van der Waals surface area contributed by atoms with Crippen molar-refractivity contribution in [2.75, 3.05) is 10.0 Å². The zero-order valence-corrected chi connectivity index (χ0v) is 16.5. The van der Waals surface area contributed by atoms with E-state index in [4.69, 9.17) is 0 Å². The zero-order valence-electron chi connectivity index (χ0n) is 13.3. The Morgan fingerprint density at radius 1 is 1.27 bits per heavy atom. The molecule has 0 fully saturated rings.